The highest BCUT2D eigenvalue weighted by Gasteiger charge is 2.46. The Hall–Kier alpha value is 0. The van der Waals surface area contributed by atoms with Crippen LogP contribution in [0, 0.1) is 35.0 Å². The van der Waals surface area contributed by atoms with Crippen LogP contribution in [0.3, 0.4) is 0 Å². The minimum atomic E-state index is 0.723. The van der Waals surface area contributed by atoms with Crippen LogP contribution in [0.4, 0.5) is 0 Å². The largest absolute Gasteiger partial charge is 0.0596 e. The summed E-state index contributed by atoms with van der Waals surface area (Å²) in [5.41, 5.74) is 0.723. The van der Waals surface area contributed by atoms with Crippen molar-refractivity contribution in [3.63, 3.8) is 0 Å². The van der Waals surface area contributed by atoms with Crippen LogP contribution in [0.5, 0.6) is 0 Å². The average Bonchev–Trinajstić information content (AvgIpc) is 2.86. The van der Waals surface area contributed by atoms with Crippen molar-refractivity contribution in [3.05, 3.63) is 0 Å². The molecule has 0 heteroatoms. The van der Waals surface area contributed by atoms with Gasteiger partial charge in [0.05, 0.1) is 0 Å². The SMILES string of the molecule is CC1(CC2CCC3CC4CCCCC4C3C2)CCCCC1. The van der Waals surface area contributed by atoms with Crippen LogP contribution < -0.4 is 0 Å². The summed E-state index contributed by atoms with van der Waals surface area (Å²) in [6, 6.07) is 0. The first kappa shape index (κ1) is 14.6. The molecule has 0 aromatic heterocycles. The van der Waals surface area contributed by atoms with E-state index in [1.807, 2.05) is 0 Å². The van der Waals surface area contributed by atoms with E-state index >= 15 is 0 Å². The first-order chi connectivity index (χ1) is 10.2. The highest BCUT2D eigenvalue weighted by atomic mass is 14.5. The molecule has 0 aromatic rings. The Balaban J connectivity index is 1.39. The molecule has 4 rings (SSSR count). The first-order valence-electron chi connectivity index (χ1n) is 10.2. The molecule has 0 nitrogen and oxygen atoms in total. The second-order valence-electron chi connectivity index (χ2n) is 9.62. The maximum Gasteiger partial charge on any atom is -0.0323 e. The molecule has 5 unspecified atom stereocenters. The Labute approximate surface area is 132 Å². The molecule has 0 heterocycles. The van der Waals surface area contributed by atoms with Crippen molar-refractivity contribution < 1.29 is 0 Å². The molecule has 4 saturated carbocycles. The molecule has 5 atom stereocenters. The van der Waals surface area contributed by atoms with E-state index in [-0.39, 0.29) is 0 Å². The maximum atomic E-state index is 2.62. The highest BCUT2D eigenvalue weighted by Crippen LogP contribution is 2.56. The molecule has 0 aliphatic heterocycles. The molecule has 0 spiro atoms. The van der Waals surface area contributed by atoms with Gasteiger partial charge in [-0.05, 0) is 80.0 Å². The standard InChI is InChI=1S/C21H36/c1-21(11-5-2-6-12-21)15-16-9-10-18-14-17-7-3-4-8-19(17)20(18)13-16/h16-20H,2-15H2,1H3. The smallest absolute Gasteiger partial charge is 0.0323 e. The van der Waals surface area contributed by atoms with Crippen LogP contribution in [0.2, 0.25) is 0 Å². The Morgan fingerprint density at radius 2 is 1.48 bits per heavy atom. The maximum absolute atomic E-state index is 2.62. The van der Waals surface area contributed by atoms with Crippen LogP contribution in [-0.2, 0) is 0 Å². The molecule has 0 radical (unpaired) electrons. The molecule has 0 saturated heterocycles. The highest BCUT2D eigenvalue weighted by molar-refractivity contribution is 4.97. The van der Waals surface area contributed by atoms with Gasteiger partial charge in [0.15, 0.2) is 0 Å². The summed E-state index contributed by atoms with van der Waals surface area (Å²) in [5, 5.41) is 0. The van der Waals surface area contributed by atoms with E-state index in [1.54, 1.807) is 57.8 Å². The summed E-state index contributed by atoms with van der Waals surface area (Å²) >= 11 is 0. The zero-order valence-corrected chi connectivity index (χ0v) is 14.3. The minimum Gasteiger partial charge on any atom is -0.0596 e. The van der Waals surface area contributed by atoms with Gasteiger partial charge in [-0.3, -0.25) is 0 Å². The zero-order chi connectivity index (χ0) is 14.3. The van der Waals surface area contributed by atoms with Crippen molar-refractivity contribution in [3.8, 4) is 0 Å². The lowest BCUT2D eigenvalue weighted by Gasteiger charge is -2.42. The lowest BCUT2D eigenvalue weighted by atomic mass is 9.64. The van der Waals surface area contributed by atoms with Crippen LogP contribution in [0.15, 0.2) is 0 Å². The van der Waals surface area contributed by atoms with Gasteiger partial charge in [0.2, 0.25) is 0 Å². The van der Waals surface area contributed by atoms with Crippen LogP contribution >= 0.6 is 0 Å². The van der Waals surface area contributed by atoms with Crippen LogP contribution in [0.25, 0.3) is 0 Å². The fraction of sp³-hybridized carbons (Fsp3) is 1.00. The van der Waals surface area contributed by atoms with Crippen molar-refractivity contribution in [1.82, 2.24) is 0 Å². The van der Waals surface area contributed by atoms with Crippen molar-refractivity contribution in [2.75, 3.05) is 0 Å². The normalized spacial score (nSPS) is 45.9. The number of hydrogen-bond acceptors (Lipinski definition) is 0. The quantitative estimate of drug-likeness (QED) is 0.537. The Bertz CT molecular complexity index is 351. The van der Waals surface area contributed by atoms with Gasteiger partial charge in [0.1, 0.15) is 0 Å². The third-order valence-corrected chi connectivity index (χ3v) is 8.12. The van der Waals surface area contributed by atoms with E-state index in [4.69, 9.17) is 0 Å². The van der Waals surface area contributed by atoms with Gasteiger partial charge >= 0.3 is 0 Å². The van der Waals surface area contributed by atoms with E-state index < -0.39 is 0 Å². The van der Waals surface area contributed by atoms with Crippen molar-refractivity contribution in [2.24, 2.45) is 35.0 Å². The Morgan fingerprint density at radius 3 is 2.33 bits per heavy atom. The monoisotopic (exact) mass is 288 g/mol. The summed E-state index contributed by atoms with van der Waals surface area (Å²) in [7, 11) is 0. The van der Waals surface area contributed by atoms with Crippen LogP contribution in [0.1, 0.15) is 96.8 Å². The topological polar surface area (TPSA) is 0 Å². The molecular formula is C21H36. The molecule has 21 heavy (non-hydrogen) atoms. The van der Waals surface area contributed by atoms with Gasteiger partial charge in [-0.2, -0.15) is 0 Å². The van der Waals surface area contributed by atoms with E-state index in [0.29, 0.717) is 0 Å². The number of fused-ring (bicyclic) bond motifs is 3. The molecule has 0 bridgehead atoms. The van der Waals surface area contributed by atoms with Crippen LogP contribution in [-0.4, -0.2) is 0 Å². The molecule has 0 aromatic carbocycles. The summed E-state index contributed by atoms with van der Waals surface area (Å²) in [4.78, 5) is 0. The third kappa shape index (κ3) is 2.93. The molecule has 4 aliphatic carbocycles. The predicted octanol–water partition coefficient (Wildman–Crippen LogP) is 6.59. The van der Waals surface area contributed by atoms with Gasteiger partial charge in [-0.25, -0.2) is 0 Å². The average molecular weight is 289 g/mol. The fourth-order valence-electron chi connectivity index (χ4n) is 7.15. The number of rotatable bonds is 2. The van der Waals surface area contributed by atoms with Crippen molar-refractivity contribution >= 4 is 0 Å². The van der Waals surface area contributed by atoms with E-state index in [1.165, 1.54) is 32.1 Å². The molecule has 120 valence electrons. The summed E-state index contributed by atoms with van der Waals surface area (Å²) in [6.45, 7) is 2.62. The van der Waals surface area contributed by atoms with E-state index in [2.05, 4.69) is 6.92 Å². The van der Waals surface area contributed by atoms with Gasteiger partial charge < -0.3 is 0 Å². The predicted molar refractivity (Wildman–Crippen MR) is 90.2 cm³/mol. The van der Waals surface area contributed by atoms with Crippen molar-refractivity contribution in [1.29, 1.82) is 0 Å². The fourth-order valence-corrected chi connectivity index (χ4v) is 7.15. The van der Waals surface area contributed by atoms with Gasteiger partial charge in [0, 0.05) is 0 Å². The van der Waals surface area contributed by atoms with Gasteiger partial charge in [-0.15, -0.1) is 0 Å². The molecule has 0 amide bonds. The first-order valence-corrected chi connectivity index (χ1v) is 10.2. The van der Waals surface area contributed by atoms with Gasteiger partial charge in [-0.1, -0.05) is 51.9 Å². The second kappa shape index (κ2) is 5.89. The zero-order valence-electron chi connectivity index (χ0n) is 14.3. The summed E-state index contributed by atoms with van der Waals surface area (Å²) < 4.78 is 0. The Morgan fingerprint density at radius 1 is 0.714 bits per heavy atom. The molecular weight excluding hydrogens is 252 g/mol. The lowest BCUT2D eigenvalue weighted by molar-refractivity contribution is 0.0940. The van der Waals surface area contributed by atoms with E-state index in [0.717, 1.165) is 35.0 Å². The van der Waals surface area contributed by atoms with Crippen molar-refractivity contribution in [2.45, 2.75) is 96.8 Å². The van der Waals surface area contributed by atoms with E-state index in [9.17, 15) is 0 Å². The molecule has 4 fully saturated rings. The Kier molecular flexibility index (Phi) is 4.09. The third-order valence-electron chi connectivity index (χ3n) is 8.12. The van der Waals surface area contributed by atoms with Gasteiger partial charge in [0.25, 0.3) is 0 Å². The molecule has 0 N–H and O–H groups in total. The molecule has 4 aliphatic rings. The second-order valence-corrected chi connectivity index (χ2v) is 9.62. The number of hydrogen-bond donors (Lipinski definition) is 0. The minimum absolute atomic E-state index is 0.723. The summed E-state index contributed by atoms with van der Waals surface area (Å²) in [6.07, 6.45) is 21.9. The lowest BCUT2D eigenvalue weighted by Crippen LogP contribution is -2.31. The summed E-state index contributed by atoms with van der Waals surface area (Å²) in [5.74, 6) is 5.70.